The van der Waals surface area contributed by atoms with Crippen LogP contribution < -0.4 is 10.2 Å². The number of aliphatic carboxylic acids is 1. The molecule has 2 N–H and O–H groups in total. The summed E-state index contributed by atoms with van der Waals surface area (Å²) in [7, 11) is 0. The fraction of sp³-hybridized carbons (Fsp3) is 0.429. The first kappa shape index (κ1) is 13.4. The molecule has 5 heteroatoms. The monoisotopic (exact) mass is 262 g/mol. The highest BCUT2D eigenvalue weighted by Crippen LogP contribution is 2.29. The number of likely N-dealkylation sites (N-methyl/N-ethyl adjacent to an activating group) is 1. The molecule has 1 aromatic carbocycles. The number of carboxylic acid groups (broad SMARTS) is 1. The third-order valence-electron chi connectivity index (χ3n) is 3.30. The molecular weight excluding hydrogens is 244 g/mol. The van der Waals surface area contributed by atoms with Crippen LogP contribution in [0, 0.1) is 5.92 Å². The Labute approximate surface area is 112 Å². The number of anilines is 1. The van der Waals surface area contributed by atoms with Gasteiger partial charge in [0.05, 0.1) is 12.5 Å². The average molecular weight is 262 g/mol. The fourth-order valence-electron chi connectivity index (χ4n) is 2.43. The van der Waals surface area contributed by atoms with E-state index in [2.05, 4.69) is 5.32 Å². The number of para-hydroxylation sites is 1. The number of hydrogen-bond acceptors (Lipinski definition) is 3. The van der Waals surface area contributed by atoms with Crippen molar-refractivity contribution in [1.29, 1.82) is 0 Å². The summed E-state index contributed by atoms with van der Waals surface area (Å²) >= 11 is 0. The van der Waals surface area contributed by atoms with Crippen LogP contribution >= 0.6 is 0 Å². The van der Waals surface area contributed by atoms with E-state index in [-0.39, 0.29) is 12.5 Å². The first-order valence-corrected chi connectivity index (χ1v) is 6.44. The molecule has 0 aliphatic carbocycles. The standard InChI is InChI=1S/C14H18N2O3/c1-2-15-13(17)9-16-8-11(14(18)19)7-10-5-3-4-6-12(10)16/h3-6,11H,2,7-9H2,1H3,(H,15,17)(H,18,19). The van der Waals surface area contributed by atoms with Crippen molar-refractivity contribution in [3.63, 3.8) is 0 Å². The maximum atomic E-state index is 11.7. The van der Waals surface area contributed by atoms with Crippen molar-refractivity contribution in [3.05, 3.63) is 29.8 Å². The van der Waals surface area contributed by atoms with Gasteiger partial charge in [0, 0.05) is 18.8 Å². The summed E-state index contributed by atoms with van der Waals surface area (Å²) in [5.74, 6) is -1.34. The number of nitrogens with one attached hydrogen (secondary N) is 1. The van der Waals surface area contributed by atoms with Crippen molar-refractivity contribution in [2.45, 2.75) is 13.3 Å². The average Bonchev–Trinajstić information content (AvgIpc) is 2.38. The Morgan fingerprint density at radius 1 is 1.42 bits per heavy atom. The number of rotatable bonds is 4. The van der Waals surface area contributed by atoms with Gasteiger partial charge in [0.15, 0.2) is 0 Å². The van der Waals surface area contributed by atoms with Crippen molar-refractivity contribution in [2.24, 2.45) is 5.92 Å². The number of nitrogens with zero attached hydrogens (tertiary/aromatic N) is 1. The number of carboxylic acids is 1. The summed E-state index contributed by atoms with van der Waals surface area (Å²) in [6, 6.07) is 7.67. The molecule has 5 nitrogen and oxygen atoms in total. The van der Waals surface area contributed by atoms with Crippen LogP contribution in [0.5, 0.6) is 0 Å². The quantitative estimate of drug-likeness (QED) is 0.845. The summed E-state index contributed by atoms with van der Waals surface area (Å²) in [6.07, 6.45) is 0.525. The topological polar surface area (TPSA) is 69.6 Å². The minimum Gasteiger partial charge on any atom is -0.481 e. The zero-order valence-electron chi connectivity index (χ0n) is 10.9. The Hall–Kier alpha value is -2.04. The Bertz CT molecular complexity index is 487. The maximum Gasteiger partial charge on any atom is 0.308 e. The van der Waals surface area contributed by atoms with Crippen LogP contribution in [0.25, 0.3) is 0 Å². The molecule has 2 rings (SSSR count). The van der Waals surface area contributed by atoms with Gasteiger partial charge in [-0.15, -0.1) is 0 Å². The van der Waals surface area contributed by atoms with Crippen molar-refractivity contribution in [3.8, 4) is 0 Å². The van der Waals surface area contributed by atoms with E-state index < -0.39 is 11.9 Å². The molecule has 1 aliphatic heterocycles. The lowest BCUT2D eigenvalue weighted by atomic mass is 9.92. The summed E-state index contributed by atoms with van der Waals surface area (Å²) in [6.45, 7) is 3.02. The van der Waals surface area contributed by atoms with E-state index in [1.165, 1.54) is 0 Å². The third kappa shape index (κ3) is 3.05. The summed E-state index contributed by atoms with van der Waals surface area (Å²) in [5.41, 5.74) is 1.96. The minimum atomic E-state index is -0.810. The highest BCUT2D eigenvalue weighted by molar-refractivity contribution is 5.83. The first-order chi connectivity index (χ1) is 9.11. The lowest BCUT2D eigenvalue weighted by Gasteiger charge is -2.34. The zero-order valence-corrected chi connectivity index (χ0v) is 10.9. The minimum absolute atomic E-state index is 0.0802. The molecule has 0 fully saturated rings. The van der Waals surface area contributed by atoms with Crippen LogP contribution in [0.3, 0.4) is 0 Å². The molecule has 0 saturated carbocycles. The number of hydrogen-bond donors (Lipinski definition) is 2. The van der Waals surface area contributed by atoms with Crippen molar-refractivity contribution in [2.75, 3.05) is 24.5 Å². The second kappa shape index (κ2) is 5.73. The Morgan fingerprint density at radius 2 is 2.16 bits per heavy atom. The second-order valence-corrected chi connectivity index (χ2v) is 4.70. The van der Waals surface area contributed by atoms with E-state index >= 15 is 0 Å². The fourth-order valence-corrected chi connectivity index (χ4v) is 2.43. The van der Waals surface area contributed by atoms with Crippen LogP contribution in [0.4, 0.5) is 5.69 Å². The first-order valence-electron chi connectivity index (χ1n) is 6.44. The number of carbonyl (C=O) groups is 2. The smallest absolute Gasteiger partial charge is 0.308 e. The molecule has 102 valence electrons. The molecule has 0 saturated heterocycles. The maximum absolute atomic E-state index is 11.7. The van der Waals surface area contributed by atoms with Crippen LogP contribution in [0.15, 0.2) is 24.3 Å². The predicted molar refractivity (Wildman–Crippen MR) is 72.2 cm³/mol. The van der Waals surface area contributed by atoms with Gasteiger partial charge in [0.1, 0.15) is 0 Å². The van der Waals surface area contributed by atoms with Gasteiger partial charge in [0.2, 0.25) is 5.91 Å². The van der Waals surface area contributed by atoms with E-state index in [1.54, 1.807) is 0 Å². The second-order valence-electron chi connectivity index (χ2n) is 4.70. The van der Waals surface area contributed by atoms with Crippen LogP contribution in [-0.2, 0) is 16.0 Å². The van der Waals surface area contributed by atoms with Crippen LogP contribution in [0.1, 0.15) is 12.5 Å². The molecule has 19 heavy (non-hydrogen) atoms. The van der Waals surface area contributed by atoms with E-state index in [0.717, 1.165) is 11.3 Å². The van der Waals surface area contributed by atoms with Gasteiger partial charge in [-0.25, -0.2) is 0 Å². The van der Waals surface area contributed by atoms with Crippen molar-refractivity contribution < 1.29 is 14.7 Å². The van der Waals surface area contributed by atoms with E-state index in [1.807, 2.05) is 36.1 Å². The third-order valence-corrected chi connectivity index (χ3v) is 3.30. The van der Waals surface area contributed by atoms with Crippen molar-refractivity contribution >= 4 is 17.6 Å². The Balaban J connectivity index is 2.21. The molecule has 1 heterocycles. The number of amides is 1. The Morgan fingerprint density at radius 3 is 2.84 bits per heavy atom. The molecule has 1 aromatic rings. The zero-order chi connectivity index (χ0) is 13.8. The van der Waals surface area contributed by atoms with E-state index in [9.17, 15) is 14.7 Å². The van der Waals surface area contributed by atoms with Gasteiger partial charge < -0.3 is 15.3 Å². The molecule has 0 bridgehead atoms. The van der Waals surface area contributed by atoms with Gasteiger partial charge >= 0.3 is 5.97 Å². The molecule has 1 amide bonds. The van der Waals surface area contributed by atoms with Gasteiger partial charge in [-0.2, -0.15) is 0 Å². The molecule has 1 aliphatic rings. The van der Waals surface area contributed by atoms with Gasteiger partial charge in [-0.05, 0) is 25.0 Å². The number of fused-ring (bicyclic) bond motifs is 1. The highest BCUT2D eigenvalue weighted by atomic mass is 16.4. The normalized spacial score (nSPS) is 17.7. The number of benzene rings is 1. The highest BCUT2D eigenvalue weighted by Gasteiger charge is 2.29. The van der Waals surface area contributed by atoms with Gasteiger partial charge in [0.25, 0.3) is 0 Å². The van der Waals surface area contributed by atoms with Crippen LogP contribution in [0.2, 0.25) is 0 Å². The SMILES string of the molecule is CCNC(=O)CN1CC(C(=O)O)Cc2ccccc21. The lowest BCUT2D eigenvalue weighted by molar-refractivity contribution is -0.141. The molecule has 1 atom stereocenters. The van der Waals surface area contributed by atoms with Gasteiger partial charge in [-0.1, -0.05) is 18.2 Å². The number of carbonyl (C=O) groups excluding carboxylic acids is 1. The summed E-state index contributed by atoms with van der Waals surface area (Å²) < 4.78 is 0. The molecule has 0 aromatic heterocycles. The van der Waals surface area contributed by atoms with E-state index in [0.29, 0.717) is 19.5 Å². The predicted octanol–water partition coefficient (Wildman–Crippen LogP) is 0.886. The summed E-state index contributed by atoms with van der Waals surface area (Å²) in [5, 5.41) is 11.9. The van der Waals surface area contributed by atoms with Crippen LogP contribution in [-0.4, -0.2) is 36.6 Å². The van der Waals surface area contributed by atoms with Gasteiger partial charge in [-0.3, -0.25) is 9.59 Å². The summed E-state index contributed by atoms with van der Waals surface area (Å²) in [4.78, 5) is 24.7. The largest absolute Gasteiger partial charge is 0.481 e. The van der Waals surface area contributed by atoms with E-state index in [4.69, 9.17) is 0 Å². The molecular formula is C14H18N2O3. The lowest BCUT2D eigenvalue weighted by Crippen LogP contribution is -2.44. The Kier molecular flexibility index (Phi) is 4.04. The molecule has 0 spiro atoms. The molecule has 0 radical (unpaired) electrons. The molecule has 1 unspecified atom stereocenters. The van der Waals surface area contributed by atoms with Crippen molar-refractivity contribution in [1.82, 2.24) is 5.32 Å².